The Morgan fingerprint density at radius 1 is 0.944 bits per heavy atom. The number of hydrogen-bond donors (Lipinski definition) is 1. The zero-order valence-corrected chi connectivity index (χ0v) is 21.8. The normalized spacial score (nSPS) is 17.2. The van der Waals surface area contributed by atoms with Gasteiger partial charge in [0.05, 0.1) is 37.7 Å². The molecule has 0 spiro atoms. The van der Waals surface area contributed by atoms with Crippen LogP contribution in [0.4, 0.5) is 5.69 Å². The standard InChI is InChI=1S/C29H30N4O2S/c1-19-16-23(20(2)32(19)18-21-10-6-5-7-11-21)28-27(24-12-8-9-15-30-24)31-29(36)33(28)25-17-22(34-3)13-14-26(25)35-4/h5-17,27-28H,18H2,1-4H3,(H,31,36)/t27-,28-/m0/s1. The summed E-state index contributed by atoms with van der Waals surface area (Å²) in [6, 6.07) is 24.3. The van der Waals surface area contributed by atoms with Crippen LogP contribution >= 0.6 is 12.2 Å². The first-order valence-corrected chi connectivity index (χ1v) is 12.4. The summed E-state index contributed by atoms with van der Waals surface area (Å²) in [5.74, 6) is 1.47. The topological polar surface area (TPSA) is 51.6 Å². The van der Waals surface area contributed by atoms with E-state index in [1.54, 1.807) is 14.2 Å². The summed E-state index contributed by atoms with van der Waals surface area (Å²) in [6.07, 6.45) is 1.82. The second kappa shape index (κ2) is 10.0. The summed E-state index contributed by atoms with van der Waals surface area (Å²) in [7, 11) is 3.34. The van der Waals surface area contributed by atoms with Gasteiger partial charge in [-0.25, -0.2) is 0 Å². The summed E-state index contributed by atoms with van der Waals surface area (Å²) in [6.45, 7) is 5.15. The molecular formula is C29H30N4O2S. The number of nitrogens with one attached hydrogen (secondary N) is 1. The number of nitrogens with zero attached hydrogens (tertiary/aromatic N) is 3. The van der Waals surface area contributed by atoms with E-state index in [9.17, 15) is 0 Å². The quantitative estimate of drug-likeness (QED) is 0.328. The largest absolute Gasteiger partial charge is 0.497 e. The SMILES string of the molecule is COc1ccc(OC)c(N2C(=S)N[C@@H](c3ccccn3)[C@@H]2c2cc(C)n(Cc3ccccc3)c2C)c1. The van der Waals surface area contributed by atoms with Crippen molar-refractivity contribution in [3.05, 3.63) is 107 Å². The lowest BCUT2D eigenvalue weighted by atomic mass is 9.96. The van der Waals surface area contributed by atoms with Crippen LogP contribution in [0.15, 0.2) is 79.0 Å². The molecule has 184 valence electrons. The molecule has 3 heterocycles. The number of rotatable bonds is 7. The number of anilines is 1. The average molecular weight is 499 g/mol. The third kappa shape index (κ3) is 4.31. The van der Waals surface area contributed by atoms with E-state index in [4.69, 9.17) is 26.7 Å². The lowest BCUT2D eigenvalue weighted by molar-refractivity contribution is 0.403. The minimum atomic E-state index is -0.139. The van der Waals surface area contributed by atoms with Crippen LogP contribution in [0.25, 0.3) is 0 Å². The Bertz CT molecular complexity index is 1370. The van der Waals surface area contributed by atoms with Crippen LogP contribution in [0.5, 0.6) is 11.5 Å². The van der Waals surface area contributed by atoms with E-state index < -0.39 is 0 Å². The number of methoxy groups -OCH3 is 2. The molecule has 0 amide bonds. The van der Waals surface area contributed by atoms with Crippen LogP contribution in [0.2, 0.25) is 0 Å². The molecule has 0 radical (unpaired) electrons. The van der Waals surface area contributed by atoms with Gasteiger partial charge in [-0.1, -0.05) is 36.4 Å². The molecule has 36 heavy (non-hydrogen) atoms. The molecule has 0 unspecified atom stereocenters. The van der Waals surface area contributed by atoms with E-state index in [0.29, 0.717) is 5.11 Å². The van der Waals surface area contributed by atoms with Gasteiger partial charge in [0.15, 0.2) is 5.11 Å². The number of thiocarbonyl (C=S) groups is 1. The van der Waals surface area contributed by atoms with Crippen molar-refractivity contribution in [2.24, 2.45) is 0 Å². The highest BCUT2D eigenvalue weighted by Crippen LogP contribution is 2.46. The van der Waals surface area contributed by atoms with Gasteiger partial charge in [0.2, 0.25) is 0 Å². The Morgan fingerprint density at radius 2 is 1.72 bits per heavy atom. The third-order valence-corrected chi connectivity index (χ3v) is 7.17. The fourth-order valence-electron chi connectivity index (χ4n) is 5.05. The summed E-state index contributed by atoms with van der Waals surface area (Å²) in [5, 5.41) is 4.17. The van der Waals surface area contributed by atoms with Gasteiger partial charge in [0, 0.05) is 30.2 Å². The van der Waals surface area contributed by atoms with Gasteiger partial charge in [0.25, 0.3) is 0 Å². The minimum absolute atomic E-state index is 0.135. The molecule has 6 nitrogen and oxygen atoms in total. The predicted octanol–water partition coefficient (Wildman–Crippen LogP) is 5.74. The number of pyridine rings is 1. The maximum atomic E-state index is 5.94. The number of hydrogen-bond acceptors (Lipinski definition) is 4. The molecule has 1 aliphatic rings. The molecule has 2 atom stereocenters. The van der Waals surface area contributed by atoms with Crippen LogP contribution in [0.1, 0.15) is 40.3 Å². The molecule has 2 aromatic heterocycles. The van der Waals surface area contributed by atoms with Gasteiger partial charge in [-0.3, -0.25) is 4.98 Å². The van der Waals surface area contributed by atoms with E-state index >= 15 is 0 Å². The van der Waals surface area contributed by atoms with E-state index in [0.717, 1.165) is 29.4 Å². The number of benzene rings is 2. The highest BCUT2D eigenvalue weighted by molar-refractivity contribution is 7.80. The van der Waals surface area contributed by atoms with Crippen molar-refractivity contribution in [3.8, 4) is 11.5 Å². The van der Waals surface area contributed by atoms with Crippen molar-refractivity contribution in [1.29, 1.82) is 0 Å². The van der Waals surface area contributed by atoms with Crippen LogP contribution < -0.4 is 19.7 Å². The molecule has 5 rings (SSSR count). The van der Waals surface area contributed by atoms with E-state index in [1.807, 2.05) is 48.7 Å². The van der Waals surface area contributed by atoms with Gasteiger partial charge in [-0.2, -0.15) is 0 Å². The first-order chi connectivity index (χ1) is 17.5. The first-order valence-electron chi connectivity index (χ1n) is 11.9. The fraction of sp³-hybridized carbons (Fsp3) is 0.241. The first kappa shape index (κ1) is 23.9. The van der Waals surface area contributed by atoms with Crippen molar-refractivity contribution in [2.45, 2.75) is 32.5 Å². The van der Waals surface area contributed by atoms with Crippen LogP contribution in [-0.4, -0.2) is 28.9 Å². The summed E-state index contributed by atoms with van der Waals surface area (Å²) in [4.78, 5) is 6.83. The molecule has 4 aromatic rings. The van der Waals surface area contributed by atoms with Crippen LogP contribution in [-0.2, 0) is 6.54 Å². The van der Waals surface area contributed by atoms with Crippen molar-refractivity contribution in [1.82, 2.24) is 14.9 Å². The summed E-state index contributed by atoms with van der Waals surface area (Å²) >= 11 is 5.94. The predicted molar refractivity (Wildman–Crippen MR) is 147 cm³/mol. The van der Waals surface area contributed by atoms with Crippen molar-refractivity contribution in [2.75, 3.05) is 19.1 Å². The third-order valence-electron chi connectivity index (χ3n) is 6.86. The Morgan fingerprint density at radius 3 is 2.42 bits per heavy atom. The minimum Gasteiger partial charge on any atom is -0.497 e. The maximum absolute atomic E-state index is 5.94. The molecule has 0 aliphatic carbocycles. The summed E-state index contributed by atoms with van der Waals surface area (Å²) < 4.78 is 13.7. The van der Waals surface area contributed by atoms with E-state index in [2.05, 4.69) is 59.0 Å². The molecule has 0 bridgehead atoms. The molecular weight excluding hydrogens is 468 g/mol. The van der Waals surface area contributed by atoms with Gasteiger partial charge in [0.1, 0.15) is 11.5 Å². The Kier molecular flexibility index (Phi) is 6.65. The average Bonchev–Trinajstić information content (AvgIpc) is 3.40. The monoisotopic (exact) mass is 498 g/mol. The van der Waals surface area contributed by atoms with Crippen LogP contribution in [0, 0.1) is 13.8 Å². The van der Waals surface area contributed by atoms with Crippen molar-refractivity contribution < 1.29 is 9.47 Å². The second-order valence-electron chi connectivity index (χ2n) is 8.93. The maximum Gasteiger partial charge on any atom is 0.174 e. The zero-order chi connectivity index (χ0) is 25.2. The molecule has 2 aromatic carbocycles. The fourth-order valence-corrected chi connectivity index (χ4v) is 5.39. The number of aromatic nitrogens is 2. The molecule has 7 heteroatoms. The smallest absolute Gasteiger partial charge is 0.174 e. The molecule has 0 saturated carbocycles. The lowest BCUT2D eigenvalue weighted by Gasteiger charge is -2.29. The molecule has 1 fully saturated rings. The Balaban J connectivity index is 1.66. The van der Waals surface area contributed by atoms with Gasteiger partial charge in [-0.15, -0.1) is 0 Å². The second-order valence-corrected chi connectivity index (χ2v) is 9.32. The Hall–Kier alpha value is -3.84. The summed E-state index contributed by atoms with van der Waals surface area (Å²) in [5.41, 5.74) is 6.63. The number of ether oxygens (including phenoxy) is 2. The highest BCUT2D eigenvalue weighted by Gasteiger charge is 2.43. The highest BCUT2D eigenvalue weighted by atomic mass is 32.1. The van der Waals surface area contributed by atoms with Crippen molar-refractivity contribution in [3.63, 3.8) is 0 Å². The van der Waals surface area contributed by atoms with E-state index in [-0.39, 0.29) is 12.1 Å². The van der Waals surface area contributed by atoms with E-state index in [1.165, 1.54) is 22.5 Å². The molecule has 1 aliphatic heterocycles. The van der Waals surface area contributed by atoms with Crippen LogP contribution in [0.3, 0.4) is 0 Å². The van der Waals surface area contributed by atoms with Gasteiger partial charge < -0.3 is 24.3 Å². The van der Waals surface area contributed by atoms with Gasteiger partial charge >= 0.3 is 0 Å². The van der Waals surface area contributed by atoms with Crippen molar-refractivity contribution >= 4 is 23.0 Å². The lowest BCUT2D eigenvalue weighted by Crippen LogP contribution is -2.30. The molecule has 1 saturated heterocycles. The number of aryl methyl sites for hydroxylation is 1. The molecule has 1 N–H and O–H groups in total. The Labute approximate surface area is 217 Å². The van der Waals surface area contributed by atoms with Gasteiger partial charge in [-0.05, 0) is 67.5 Å². The zero-order valence-electron chi connectivity index (χ0n) is 20.9.